The molecule has 12 nitrogen and oxygen atoms in total. The molecule has 7 rings (SSSR count). The predicted octanol–water partition coefficient (Wildman–Crippen LogP) is 4.85. The average Bonchev–Trinajstić information content (AvgIpc) is 4.07. The number of fused-ring (bicyclic) bond motifs is 1. The van der Waals surface area contributed by atoms with E-state index in [0.29, 0.717) is 37.8 Å². The molecule has 0 bridgehead atoms. The summed E-state index contributed by atoms with van der Waals surface area (Å²) in [6.07, 6.45) is 13.8. The van der Waals surface area contributed by atoms with Crippen molar-refractivity contribution in [1.82, 2.24) is 25.2 Å². The average molecular weight is 778 g/mol. The van der Waals surface area contributed by atoms with Crippen molar-refractivity contribution in [3.63, 3.8) is 0 Å². The van der Waals surface area contributed by atoms with Crippen molar-refractivity contribution in [3.8, 4) is 0 Å². The highest BCUT2D eigenvalue weighted by Crippen LogP contribution is 2.88. The molecule has 2 heterocycles. The van der Waals surface area contributed by atoms with E-state index >= 15 is 4.79 Å². The molecule has 2 spiro atoms. The van der Waals surface area contributed by atoms with E-state index in [-0.39, 0.29) is 46.2 Å². The number of nitrogens with zero attached hydrogens (tertiary/aromatic N) is 2. The Hall–Kier alpha value is -3.61. The summed E-state index contributed by atoms with van der Waals surface area (Å²) in [7, 11) is -3.83. The van der Waals surface area contributed by atoms with Crippen LogP contribution in [0.5, 0.6) is 0 Å². The lowest BCUT2D eigenvalue weighted by Crippen LogP contribution is -2.61. The molecule has 0 unspecified atom stereocenters. The number of carbonyl (C=O) groups excluding carboxylic acids is 5. The Labute approximate surface area is 325 Å². The fourth-order valence-corrected chi connectivity index (χ4v) is 12.4. The summed E-state index contributed by atoms with van der Waals surface area (Å²) in [4.78, 5) is 77.1. The first-order chi connectivity index (χ1) is 25.8. The van der Waals surface area contributed by atoms with Crippen molar-refractivity contribution in [2.24, 2.45) is 38.9 Å². The summed E-state index contributed by atoms with van der Waals surface area (Å²) in [6, 6.07) is 0.578. The molecule has 55 heavy (non-hydrogen) atoms. The van der Waals surface area contributed by atoms with Gasteiger partial charge in [0.15, 0.2) is 5.78 Å². The van der Waals surface area contributed by atoms with Gasteiger partial charge in [0.05, 0.1) is 22.3 Å². The second kappa shape index (κ2) is 13.8. The SMILES string of the molecule is C=C[C@@H]1C[C@]1(CC(=O)[C@@H]1C[C@@]2(CN1C(=O)[C@@H](NC(=O)[C@@H](NC(=O)c1cccnc1)C1CCCCC1)C(C)(C)C)C(C)(C)C21CCC1)C(=O)NS(=O)(=O)C1CC1. The zero-order valence-electron chi connectivity index (χ0n) is 33.1. The molecule has 1 aliphatic heterocycles. The fraction of sp³-hybridized carbons (Fsp3) is 0.714. The van der Waals surface area contributed by atoms with Crippen LogP contribution in [0, 0.1) is 38.9 Å². The van der Waals surface area contributed by atoms with Gasteiger partial charge in [0.2, 0.25) is 27.7 Å². The van der Waals surface area contributed by atoms with Gasteiger partial charge in [-0.25, -0.2) is 8.42 Å². The number of ketones is 1. The van der Waals surface area contributed by atoms with Crippen LogP contribution in [0.4, 0.5) is 0 Å². The molecule has 3 N–H and O–H groups in total. The predicted molar refractivity (Wildman–Crippen MR) is 207 cm³/mol. The van der Waals surface area contributed by atoms with Crippen LogP contribution in [-0.4, -0.2) is 77.6 Å². The molecule has 6 aliphatic rings. The van der Waals surface area contributed by atoms with Gasteiger partial charge in [-0.1, -0.05) is 66.4 Å². The second-order valence-electron chi connectivity index (χ2n) is 19.2. The number of hydrogen-bond donors (Lipinski definition) is 3. The van der Waals surface area contributed by atoms with Crippen molar-refractivity contribution in [2.75, 3.05) is 6.54 Å². The first-order valence-electron chi connectivity index (χ1n) is 20.4. The largest absolute Gasteiger partial charge is 0.342 e. The smallest absolute Gasteiger partial charge is 0.253 e. The number of Topliss-reactive ketones (excluding diaryl/α,β-unsaturated/α-hetero) is 1. The maximum absolute atomic E-state index is 15.1. The van der Waals surface area contributed by atoms with E-state index in [0.717, 1.165) is 51.4 Å². The highest BCUT2D eigenvalue weighted by Gasteiger charge is 2.85. The molecule has 6 atom stereocenters. The maximum atomic E-state index is 15.1. The van der Waals surface area contributed by atoms with Crippen LogP contribution in [0.1, 0.15) is 128 Å². The standard InChI is InChI=1S/C42H59N5O7S/c1-7-28-21-40(28,37(52)46-55(53,54)29-16-17-29)23-31(48)30-22-42(39(5,6)41(42)18-12-19-41)25-47(30)36(51)33(38(2,3)4)45-35(50)32(26-13-9-8-10-14-26)44-34(49)27-15-11-20-43-24-27/h7,11,15,20,24,26,28-30,32-33H,1,8-10,12-14,16-19,21-23,25H2,2-6H3,(H,44,49)(H,45,50)(H,46,52)/t28-,30+,32+,33-,40-,42-/m1/s1. The van der Waals surface area contributed by atoms with Crippen LogP contribution >= 0.6 is 0 Å². The van der Waals surface area contributed by atoms with Crippen LogP contribution in [0.3, 0.4) is 0 Å². The van der Waals surface area contributed by atoms with Crippen molar-refractivity contribution in [3.05, 3.63) is 42.7 Å². The van der Waals surface area contributed by atoms with Crippen molar-refractivity contribution in [2.45, 2.75) is 141 Å². The fourth-order valence-electron chi connectivity index (χ4n) is 11.1. The normalized spacial score (nSPS) is 30.5. The van der Waals surface area contributed by atoms with Crippen LogP contribution < -0.4 is 15.4 Å². The van der Waals surface area contributed by atoms with Crippen LogP contribution in [0.15, 0.2) is 37.2 Å². The Morgan fingerprint density at radius 2 is 1.67 bits per heavy atom. The van der Waals surface area contributed by atoms with E-state index in [1.807, 2.05) is 20.8 Å². The van der Waals surface area contributed by atoms with Crippen molar-refractivity contribution >= 4 is 39.4 Å². The minimum absolute atomic E-state index is 0.00727. The first-order valence-corrected chi connectivity index (χ1v) is 21.9. The van der Waals surface area contributed by atoms with Gasteiger partial charge in [-0.15, -0.1) is 6.58 Å². The van der Waals surface area contributed by atoms with Gasteiger partial charge in [0, 0.05) is 30.8 Å². The Kier molecular flexibility index (Phi) is 9.94. The van der Waals surface area contributed by atoms with E-state index < -0.39 is 62.0 Å². The molecule has 6 fully saturated rings. The van der Waals surface area contributed by atoms with Crippen LogP contribution in [0.2, 0.25) is 0 Å². The molecule has 0 radical (unpaired) electrons. The number of hydrogen-bond acceptors (Lipinski definition) is 8. The molecule has 5 aliphatic carbocycles. The number of allylic oxidation sites excluding steroid dienone is 1. The van der Waals surface area contributed by atoms with Crippen LogP contribution in [-0.2, 0) is 29.2 Å². The van der Waals surface area contributed by atoms with E-state index in [4.69, 9.17) is 0 Å². The molecule has 1 aromatic rings. The summed E-state index contributed by atoms with van der Waals surface area (Å²) < 4.78 is 27.9. The number of pyridine rings is 1. The third-order valence-corrected chi connectivity index (χ3v) is 16.9. The van der Waals surface area contributed by atoms with Gasteiger partial charge in [-0.2, -0.15) is 0 Å². The number of carbonyl (C=O) groups is 5. The summed E-state index contributed by atoms with van der Waals surface area (Å²) in [5.41, 5.74) is -2.08. The van der Waals surface area contributed by atoms with E-state index in [2.05, 4.69) is 40.8 Å². The molecule has 13 heteroatoms. The van der Waals surface area contributed by atoms with Gasteiger partial charge >= 0.3 is 0 Å². The molecule has 5 saturated carbocycles. The number of likely N-dealkylation sites (tertiary alicyclic amines) is 1. The molecular formula is C42H59N5O7S. The lowest BCUT2D eigenvalue weighted by atomic mass is 9.73. The molecule has 1 aromatic heterocycles. The second-order valence-corrected chi connectivity index (χ2v) is 21.2. The summed E-state index contributed by atoms with van der Waals surface area (Å²) >= 11 is 0. The summed E-state index contributed by atoms with van der Waals surface area (Å²) in [6.45, 7) is 14.3. The molecular weight excluding hydrogens is 719 g/mol. The molecule has 4 amide bonds. The Bertz CT molecular complexity index is 1860. The van der Waals surface area contributed by atoms with E-state index in [9.17, 15) is 27.6 Å². The van der Waals surface area contributed by atoms with E-state index in [1.165, 1.54) is 6.20 Å². The highest BCUT2D eigenvalue weighted by molar-refractivity contribution is 7.90. The van der Waals surface area contributed by atoms with Gasteiger partial charge in [0.25, 0.3) is 5.91 Å². The minimum atomic E-state index is -3.83. The quantitative estimate of drug-likeness (QED) is 0.239. The Balaban J connectivity index is 1.16. The topological polar surface area (TPSA) is 172 Å². The Morgan fingerprint density at radius 1 is 0.982 bits per heavy atom. The molecule has 1 saturated heterocycles. The number of rotatable bonds is 13. The third kappa shape index (κ3) is 6.63. The van der Waals surface area contributed by atoms with Gasteiger partial charge < -0.3 is 15.5 Å². The van der Waals surface area contributed by atoms with E-state index in [1.54, 1.807) is 29.3 Å². The monoisotopic (exact) mass is 777 g/mol. The maximum Gasteiger partial charge on any atom is 0.253 e. The first kappa shape index (κ1) is 39.6. The summed E-state index contributed by atoms with van der Waals surface area (Å²) in [5.74, 6) is -2.62. The van der Waals surface area contributed by atoms with Gasteiger partial charge in [-0.3, -0.25) is 33.7 Å². The number of sulfonamides is 1. The van der Waals surface area contributed by atoms with Crippen molar-refractivity contribution < 1.29 is 32.4 Å². The molecule has 0 aromatic carbocycles. The lowest BCUT2D eigenvalue weighted by Gasteiger charge is -2.38. The van der Waals surface area contributed by atoms with Gasteiger partial charge in [-0.05, 0) is 91.6 Å². The zero-order chi connectivity index (χ0) is 39.8. The van der Waals surface area contributed by atoms with Crippen LogP contribution in [0.25, 0.3) is 0 Å². The number of aromatic nitrogens is 1. The highest BCUT2D eigenvalue weighted by atomic mass is 32.2. The minimum Gasteiger partial charge on any atom is -0.342 e. The zero-order valence-corrected chi connectivity index (χ0v) is 33.9. The third-order valence-electron chi connectivity index (χ3n) is 15.0. The van der Waals surface area contributed by atoms with Gasteiger partial charge in [0.1, 0.15) is 12.1 Å². The summed E-state index contributed by atoms with van der Waals surface area (Å²) in [5, 5.41) is 5.47. The Morgan fingerprint density at radius 3 is 2.20 bits per heavy atom. The number of nitrogens with one attached hydrogen (secondary N) is 3. The molecule has 300 valence electrons. The van der Waals surface area contributed by atoms with Crippen molar-refractivity contribution in [1.29, 1.82) is 0 Å². The number of amides is 4. The lowest BCUT2D eigenvalue weighted by molar-refractivity contribution is -0.144.